The van der Waals surface area contributed by atoms with E-state index in [-0.39, 0.29) is 5.78 Å². The number of carbonyl (C=O) groups is 1. The minimum atomic E-state index is 0.0888. The van der Waals surface area contributed by atoms with Crippen LogP contribution < -0.4 is 0 Å². The molecule has 0 bridgehead atoms. The Balaban J connectivity index is 1.84. The molecule has 3 rings (SSSR count). The second kappa shape index (κ2) is 5.74. The first-order valence-electron chi connectivity index (χ1n) is 6.73. The fraction of sp³-hybridized carbons (Fsp3) is 0.235. The van der Waals surface area contributed by atoms with Crippen LogP contribution >= 0.6 is 27.7 Å². The Bertz CT molecular complexity index is 679. The van der Waals surface area contributed by atoms with Crippen molar-refractivity contribution in [3.8, 4) is 0 Å². The molecule has 0 spiro atoms. The first-order chi connectivity index (χ1) is 9.63. The summed E-state index contributed by atoms with van der Waals surface area (Å²) in [5.41, 5.74) is 3.74. The standard InChI is InChI=1S/C17H15BrOS/c1-11(19)16-8-7-15(10-17(16)18)20-14-6-5-12-3-2-4-13(12)9-14/h5-10H,2-4H2,1H3. The van der Waals surface area contributed by atoms with Crippen LogP contribution in [0.3, 0.4) is 0 Å². The summed E-state index contributed by atoms with van der Waals surface area (Å²) in [5, 5.41) is 0. The van der Waals surface area contributed by atoms with Gasteiger partial charge in [-0.3, -0.25) is 4.79 Å². The summed E-state index contributed by atoms with van der Waals surface area (Å²) in [6, 6.07) is 12.7. The molecule has 0 aliphatic heterocycles. The second-order valence-electron chi connectivity index (χ2n) is 5.08. The van der Waals surface area contributed by atoms with E-state index >= 15 is 0 Å². The molecule has 0 saturated heterocycles. The third kappa shape index (κ3) is 2.84. The van der Waals surface area contributed by atoms with Gasteiger partial charge in [0.25, 0.3) is 0 Å². The van der Waals surface area contributed by atoms with Crippen molar-refractivity contribution in [2.24, 2.45) is 0 Å². The molecule has 102 valence electrons. The first kappa shape index (κ1) is 13.9. The van der Waals surface area contributed by atoms with E-state index in [2.05, 4.69) is 34.1 Å². The van der Waals surface area contributed by atoms with Crippen LogP contribution in [0.4, 0.5) is 0 Å². The van der Waals surface area contributed by atoms with E-state index in [1.165, 1.54) is 35.3 Å². The number of carbonyl (C=O) groups excluding carboxylic acids is 1. The van der Waals surface area contributed by atoms with Crippen LogP contribution in [-0.2, 0) is 12.8 Å². The highest BCUT2D eigenvalue weighted by Crippen LogP contribution is 2.34. The maximum absolute atomic E-state index is 11.4. The summed E-state index contributed by atoms with van der Waals surface area (Å²) >= 11 is 5.22. The van der Waals surface area contributed by atoms with E-state index in [1.807, 2.05) is 18.2 Å². The average Bonchev–Trinajstić information content (AvgIpc) is 2.85. The molecule has 0 amide bonds. The van der Waals surface area contributed by atoms with Crippen molar-refractivity contribution in [3.63, 3.8) is 0 Å². The number of fused-ring (bicyclic) bond motifs is 1. The summed E-state index contributed by atoms with van der Waals surface area (Å²) < 4.78 is 0.871. The van der Waals surface area contributed by atoms with E-state index in [0.717, 1.165) is 14.9 Å². The summed E-state index contributed by atoms with van der Waals surface area (Å²) in [7, 11) is 0. The molecule has 20 heavy (non-hydrogen) atoms. The lowest BCUT2D eigenvalue weighted by Gasteiger charge is -2.07. The molecule has 0 unspecified atom stereocenters. The van der Waals surface area contributed by atoms with Crippen molar-refractivity contribution >= 4 is 33.5 Å². The number of hydrogen-bond donors (Lipinski definition) is 0. The Morgan fingerprint density at radius 2 is 1.75 bits per heavy atom. The van der Waals surface area contributed by atoms with Crippen LogP contribution in [0.5, 0.6) is 0 Å². The minimum absolute atomic E-state index is 0.0888. The van der Waals surface area contributed by atoms with Crippen LogP contribution in [-0.4, -0.2) is 5.78 Å². The van der Waals surface area contributed by atoms with Gasteiger partial charge >= 0.3 is 0 Å². The van der Waals surface area contributed by atoms with Gasteiger partial charge in [0.1, 0.15) is 0 Å². The van der Waals surface area contributed by atoms with Gasteiger partial charge in [-0.1, -0.05) is 33.8 Å². The van der Waals surface area contributed by atoms with Gasteiger partial charge in [0.2, 0.25) is 0 Å². The van der Waals surface area contributed by atoms with Gasteiger partial charge < -0.3 is 0 Å². The molecule has 1 aliphatic rings. The highest BCUT2D eigenvalue weighted by molar-refractivity contribution is 9.10. The van der Waals surface area contributed by atoms with Crippen LogP contribution in [0.15, 0.2) is 50.7 Å². The van der Waals surface area contributed by atoms with Crippen molar-refractivity contribution in [2.45, 2.75) is 36.0 Å². The molecular weight excluding hydrogens is 332 g/mol. The van der Waals surface area contributed by atoms with Crippen molar-refractivity contribution in [2.75, 3.05) is 0 Å². The van der Waals surface area contributed by atoms with Crippen LogP contribution in [0.1, 0.15) is 34.8 Å². The van der Waals surface area contributed by atoms with Gasteiger partial charge in [-0.05, 0) is 67.6 Å². The van der Waals surface area contributed by atoms with E-state index in [0.29, 0.717) is 0 Å². The molecule has 2 aromatic carbocycles. The van der Waals surface area contributed by atoms with E-state index < -0.39 is 0 Å². The second-order valence-corrected chi connectivity index (χ2v) is 7.09. The van der Waals surface area contributed by atoms with Gasteiger partial charge in [0.15, 0.2) is 5.78 Å². The van der Waals surface area contributed by atoms with Crippen molar-refractivity contribution in [3.05, 3.63) is 57.6 Å². The molecule has 0 radical (unpaired) electrons. The highest BCUT2D eigenvalue weighted by atomic mass is 79.9. The number of halogens is 1. The number of rotatable bonds is 3. The molecule has 0 fully saturated rings. The molecule has 0 atom stereocenters. The number of Topliss-reactive ketones (excluding diaryl/α,β-unsaturated/α-hetero) is 1. The topological polar surface area (TPSA) is 17.1 Å². The smallest absolute Gasteiger partial charge is 0.160 e. The van der Waals surface area contributed by atoms with Gasteiger partial charge in [-0.2, -0.15) is 0 Å². The Hall–Kier alpha value is -1.06. The third-order valence-corrected chi connectivity index (χ3v) is 5.26. The summed E-state index contributed by atoms with van der Waals surface area (Å²) in [5.74, 6) is 0.0888. The number of ketones is 1. The zero-order valence-electron chi connectivity index (χ0n) is 11.3. The normalized spacial score (nSPS) is 13.3. The summed E-state index contributed by atoms with van der Waals surface area (Å²) in [4.78, 5) is 13.9. The van der Waals surface area contributed by atoms with Gasteiger partial charge in [-0.15, -0.1) is 0 Å². The molecule has 1 aliphatic carbocycles. The Labute approximate surface area is 131 Å². The lowest BCUT2D eigenvalue weighted by molar-refractivity contribution is 0.101. The number of benzene rings is 2. The summed E-state index contributed by atoms with van der Waals surface area (Å²) in [6.07, 6.45) is 3.71. The van der Waals surface area contributed by atoms with Crippen LogP contribution in [0, 0.1) is 0 Å². The van der Waals surface area contributed by atoms with E-state index in [9.17, 15) is 4.79 Å². The zero-order chi connectivity index (χ0) is 14.1. The SMILES string of the molecule is CC(=O)c1ccc(Sc2ccc3c(c2)CCC3)cc1Br. The Morgan fingerprint density at radius 3 is 2.50 bits per heavy atom. The predicted molar refractivity (Wildman–Crippen MR) is 86.7 cm³/mol. The van der Waals surface area contributed by atoms with Gasteiger partial charge in [0.05, 0.1) is 0 Å². The van der Waals surface area contributed by atoms with Crippen molar-refractivity contribution < 1.29 is 4.79 Å². The molecule has 1 nitrogen and oxygen atoms in total. The Kier molecular flexibility index (Phi) is 3.99. The number of hydrogen-bond acceptors (Lipinski definition) is 2. The Morgan fingerprint density at radius 1 is 1.05 bits per heavy atom. The molecule has 0 N–H and O–H groups in total. The van der Waals surface area contributed by atoms with Crippen molar-refractivity contribution in [1.29, 1.82) is 0 Å². The largest absolute Gasteiger partial charge is 0.294 e. The molecular formula is C17H15BrOS. The quantitative estimate of drug-likeness (QED) is 0.702. The minimum Gasteiger partial charge on any atom is -0.294 e. The lowest BCUT2D eigenvalue weighted by atomic mass is 10.1. The van der Waals surface area contributed by atoms with Gasteiger partial charge in [-0.25, -0.2) is 0 Å². The third-order valence-electron chi connectivity index (χ3n) is 3.63. The molecule has 0 heterocycles. The van der Waals surface area contributed by atoms with Gasteiger partial charge in [0, 0.05) is 19.8 Å². The number of aryl methyl sites for hydroxylation is 2. The highest BCUT2D eigenvalue weighted by Gasteiger charge is 2.12. The fourth-order valence-electron chi connectivity index (χ4n) is 2.59. The zero-order valence-corrected chi connectivity index (χ0v) is 13.7. The maximum atomic E-state index is 11.4. The maximum Gasteiger partial charge on any atom is 0.160 e. The monoisotopic (exact) mass is 346 g/mol. The van der Waals surface area contributed by atoms with E-state index in [4.69, 9.17) is 0 Å². The van der Waals surface area contributed by atoms with E-state index in [1.54, 1.807) is 18.7 Å². The summed E-state index contributed by atoms with van der Waals surface area (Å²) in [6.45, 7) is 1.59. The molecule has 2 aromatic rings. The molecule has 0 aromatic heterocycles. The molecule has 0 saturated carbocycles. The van der Waals surface area contributed by atoms with Crippen LogP contribution in [0.25, 0.3) is 0 Å². The van der Waals surface area contributed by atoms with Crippen LogP contribution in [0.2, 0.25) is 0 Å². The average molecular weight is 347 g/mol. The lowest BCUT2D eigenvalue weighted by Crippen LogP contribution is -1.93. The molecule has 3 heteroatoms. The van der Waals surface area contributed by atoms with Crippen molar-refractivity contribution in [1.82, 2.24) is 0 Å². The fourth-order valence-corrected chi connectivity index (χ4v) is 4.32. The first-order valence-corrected chi connectivity index (χ1v) is 8.34. The predicted octanol–water partition coefficient (Wildman–Crippen LogP) is 5.29.